The molecule has 0 amide bonds. The molecule has 1 aliphatic heterocycles. The van der Waals surface area contributed by atoms with E-state index in [1.54, 1.807) is 11.8 Å². The van der Waals surface area contributed by atoms with E-state index in [9.17, 15) is 0 Å². The lowest BCUT2D eigenvalue weighted by molar-refractivity contribution is 0.129. The number of hydrogen-bond acceptors (Lipinski definition) is 5. The first-order chi connectivity index (χ1) is 13.7. The fraction of sp³-hybridized carbons (Fsp3) is 0.455. The summed E-state index contributed by atoms with van der Waals surface area (Å²) in [6.45, 7) is 9.31. The summed E-state index contributed by atoms with van der Waals surface area (Å²) in [4.78, 5) is 2.27. The summed E-state index contributed by atoms with van der Waals surface area (Å²) in [5.74, 6) is 1.91. The maximum absolute atomic E-state index is 5.73. The van der Waals surface area contributed by atoms with Gasteiger partial charge in [0.05, 0.1) is 12.6 Å². The first-order valence-corrected chi connectivity index (χ1v) is 10.8. The van der Waals surface area contributed by atoms with E-state index < -0.39 is 0 Å². The molecule has 5 nitrogen and oxygen atoms in total. The summed E-state index contributed by atoms with van der Waals surface area (Å²) in [6, 6.07) is 10.4. The topological polar surface area (TPSA) is 43.2 Å². The average Bonchev–Trinajstić information content (AvgIpc) is 3.32. The Morgan fingerprint density at radius 1 is 1.36 bits per heavy atom. The second-order valence-electron chi connectivity index (χ2n) is 7.32. The lowest BCUT2D eigenvalue weighted by Crippen LogP contribution is -2.22. The van der Waals surface area contributed by atoms with Crippen LogP contribution in [0.5, 0.6) is 0 Å². The van der Waals surface area contributed by atoms with Crippen LogP contribution >= 0.6 is 11.8 Å². The van der Waals surface area contributed by atoms with Crippen LogP contribution < -0.4 is 0 Å². The highest BCUT2D eigenvalue weighted by atomic mass is 32.2. The minimum atomic E-state index is 0.343. The van der Waals surface area contributed by atoms with E-state index in [-0.39, 0.29) is 0 Å². The number of thioether (sulfide) groups is 1. The van der Waals surface area contributed by atoms with Crippen molar-refractivity contribution in [3.8, 4) is 0 Å². The molecule has 1 saturated heterocycles. The highest BCUT2D eigenvalue weighted by Crippen LogP contribution is 2.23. The minimum Gasteiger partial charge on any atom is -0.377 e. The molecular weight excluding hydrogens is 368 g/mol. The smallest absolute Gasteiger partial charge is 0.191 e. The number of rotatable bonds is 10. The molecule has 1 fully saturated rings. The fourth-order valence-electron chi connectivity index (χ4n) is 3.40. The predicted octanol–water partition coefficient (Wildman–Crippen LogP) is 4.27. The van der Waals surface area contributed by atoms with Gasteiger partial charge in [-0.15, -0.1) is 16.8 Å². The molecule has 1 aromatic heterocycles. The van der Waals surface area contributed by atoms with Gasteiger partial charge in [-0.2, -0.15) is 0 Å². The van der Waals surface area contributed by atoms with E-state index in [1.807, 2.05) is 12.1 Å². The van der Waals surface area contributed by atoms with Crippen molar-refractivity contribution >= 4 is 17.8 Å². The van der Waals surface area contributed by atoms with E-state index in [2.05, 4.69) is 70.6 Å². The molecule has 2 aromatic rings. The van der Waals surface area contributed by atoms with Crippen LogP contribution in [0, 0.1) is 0 Å². The summed E-state index contributed by atoms with van der Waals surface area (Å²) in [5.41, 5.74) is 2.55. The molecule has 0 radical (unpaired) electrons. The lowest BCUT2D eigenvalue weighted by atomic mass is 10.1. The lowest BCUT2D eigenvalue weighted by Gasteiger charge is -2.17. The molecule has 0 spiro atoms. The third-order valence-corrected chi connectivity index (χ3v) is 5.77. The third kappa shape index (κ3) is 6.06. The van der Waals surface area contributed by atoms with Crippen LogP contribution in [0.4, 0.5) is 0 Å². The van der Waals surface area contributed by atoms with Gasteiger partial charge in [-0.1, -0.05) is 59.8 Å². The highest BCUT2D eigenvalue weighted by molar-refractivity contribution is 7.99. The molecule has 28 heavy (non-hydrogen) atoms. The Labute approximate surface area is 172 Å². The van der Waals surface area contributed by atoms with E-state index in [0.717, 1.165) is 55.8 Å². The van der Waals surface area contributed by atoms with Gasteiger partial charge in [-0.3, -0.25) is 4.90 Å². The van der Waals surface area contributed by atoms with Crippen LogP contribution in [0.3, 0.4) is 0 Å². The normalized spacial score (nSPS) is 17.4. The van der Waals surface area contributed by atoms with Gasteiger partial charge in [-0.05, 0) is 32.4 Å². The average molecular weight is 399 g/mol. The van der Waals surface area contributed by atoms with Crippen LogP contribution in [0.2, 0.25) is 0 Å². The Balaban J connectivity index is 1.60. The van der Waals surface area contributed by atoms with Crippen molar-refractivity contribution < 1.29 is 4.74 Å². The molecule has 6 heteroatoms. The zero-order valence-electron chi connectivity index (χ0n) is 16.9. The number of nitrogens with zero attached hydrogens (tertiary/aromatic N) is 4. The van der Waals surface area contributed by atoms with Crippen molar-refractivity contribution in [2.75, 3.05) is 26.0 Å². The first-order valence-electron chi connectivity index (χ1n) is 9.84. The van der Waals surface area contributed by atoms with E-state index >= 15 is 0 Å². The van der Waals surface area contributed by atoms with Crippen molar-refractivity contribution in [1.82, 2.24) is 19.7 Å². The number of aromatic nitrogens is 3. The van der Waals surface area contributed by atoms with E-state index in [4.69, 9.17) is 4.74 Å². The molecule has 3 rings (SSSR count). The zero-order valence-corrected chi connectivity index (χ0v) is 17.7. The SMILES string of the molecule is C=CCn1c(CN(C)C/C(C)=C/c2ccccc2)nnc1SC[C@@H]1CCCO1. The number of ether oxygens (including phenoxy) is 1. The molecule has 1 aromatic carbocycles. The fourth-order valence-corrected chi connectivity index (χ4v) is 4.43. The van der Waals surface area contributed by atoms with Crippen LogP contribution in [-0.2, 0) is 17.8 Å². The Hall–Kier alpha value is -1.89. The highest BCUT2D eigenvalue weighted by Gasteiger charge is 2.19. The van der Waals surface area contributed by atoms with Gasteiger partial charge >= 0.3 is 0 Å². The number of allylic oxidation sites excluding steroid dienone is 1. The standard InChI is InChI=1S/C22H30N4OS/c1-4-12-26-21(23-24-22(26)28-17-20-11-8-13-27-20)16-25(3)15-18(2)14-19-9-6-5-7-10-19/h4-7,9-10,14,20H,1,8,11-13,15-17H2,2-3H3/b18-14+/t20-/m0/s1. The van der Waals surface area contributed by atoms with Gasteiger partial charge in [0.1, 0.15) is 5.82 Å². The number of likely N-dealkylation sites (N-methyl/N-ethyl adjacent to an activating group) is 1. The maximum Gasteiger partial charge on any atom is 0.191 e. The van der Waals surface area contributed by atoms with Gasteiger partial charge < -0.3 is 9.30 Å². The Morgan fingerprint density at radius 3 is 2.89 bits per heavy atom. The van der Waals surface area contributed by atoms with Crippen LogP contribution in [0.15, 0.2) is 53.7 Å². The summed E-state index contributed by atoms with van der Waals surface area (Å²) < 4.78 is 7.89. The summed E-state index contributed by atoms with van der Waals surface area (Å²) in [5, 5.41) is 9.83. The van der Waals surface area contributed by atoms with Gasteiger partial charge in [-0.25, -0.2) is 0 Å². The molecule has 150 valence electrons. The van der Waals surface area contributed by atoms with E-state index in [1.165, 1.54) is 11.1 Å². The van der Waals surface area contributed by atoms with Gasteiger partial charge in [0.2, 0.25) is 0 Å². The first kappa shape index (κ1) is 20.8. The molecular formula is C22H30N4OS. The van der Waals surface area contributed by atoms with Gasteiger partial charge in [0.15, 0.2) is 5.16 Å². The monoisotopic (exact) mass is 398 g/mol. The number of benzene rings is 1. The van der Waals surface area contributed by atoms with Gasteiger partial charge in [0.25, 0.3) is 0 Å². The summed E-state index contributed by atoms with van der Waals surface area (Å²) in [6.07, 6.45) is 6.79. The second kappa shape index (κ2) is 10.6. The summed E-state index contributed by atoms with van der Waals surface area (Å²) >= 11 is 1.73. The minimum absolute atomic E-state index is 0.343. The molecule has 2 heterocycles. The van der Waals surface area contributed by atoms with Crippen molar-refractivity contribution in [1.29, 1.82) is 0 Å². The summed E-state index contributed by atoms with van der Waals surface area (Å²) in [7, 11) is 2.12. The second-order valence-corrected chi connectivity index (χ2v) is 8.30. The maximum atomic E-state index is 5.73. The van der Waals surface area contributed by atoms with Crippen molar-refractivity contribution in [2.45, 2.75) is 44.1 Å². The Kier molecular flexibility index (Phi) is 7.89. The largest absolute Gasteiger partial charge is 0.377 e. The molecule has 0 bridgehead atoms. The van der Waals surface area contributed by atoms with Crippen molar-refractivity contribution in [2.24, 2.45) is 0 Å². The van der Waals surface area contributed by atoms with Gasteiger partial charge in [0, 0.05) is 25.4 Å². The van der Waals surface area contributed by atoms with Crippen molar-refractivity contribution in [3.63, 3.8) is 0 Å². The molecule has 0 N–H and O–H groups in total. The quantitative estimate of drug-likeness (QED) is 0.442. The van der Waals surface area contributed by atoms with Crippen LogP contribution in [0.1, 0.15) is 31.2 Å². The molecule has 0 saturated carbocycles. The molecule has 1 atom stereocenters. The molecule has 1 aliphatic rings. The molecule has 0 aliphatic carbocycles. The van der Waals surface area contributed by atoms with Crippen molar-refractivity contribution in [3.05, 3.63) is 59.9 Å². The predicted molar refractivity (Wildman–Crippen MR) is 116 cm³/mol. The van der Waals surface area contributed by atoms with Crippen LogP contribution in [-0.4, -0.2) is 51.7 Å². The van der Waals surface area contributed by atoms with E-state index in [0.29, 0.717) is 6.10 Å². The zero-order chi connectivity index (χ0) is 19.8. The third-order valence-electron chi connectivity index (χ3n) is 4.67. The Bertz CT molecular complexity index is 781. The Morgan fingerprint density at radius 2 is 2.18 bits per heavy atom. The van der Waals surface area contributed by atoms with Crippen LogP contribution in [0.25, 0.3) is 6.08 Å². The molecule has 0 unspecified atom stereocenters. The number of hydrogen-bond donors (Lipinski definition) is 0.